The molecule has 0 unspecified atom stereocenters. The second kappa shape index (κ2) is 5.34. The minimum absolute atomic E-state index is 0.195. The van der Waals surface area contributed by atoms with Crippen molar-refractivity contribution in [2.45, 2.75) is 24.1 Å². The Balaban J connectivity index is 2.17. The number of benzene rings is 1. The van der Waals surface area contributed by atoms with E-state index in [4.69, 9.17) is 4.98 Å². The Morgan fingerprint density at radius 1 is 1.35 bits per heavy atom. The lowest BCUT2D eigenvalue weighted by Gasteiger charge is -2.25. The molecule has 2 heterocycles. The molecule has 0 aliphatic carbocycles. The number of carbonyl (C=O) groups is 1. The molecular weight excluding hydrogens is 334 g/mol. The number of hydrogen-bond donors (Lipinski definition) is 0. The number of fused-ring (bicyclic) bond motifs is 2. The first-order chi connectivity index (χ1) is 9.58. The Bertz CT molecular complexity index is 724. The fourth-order valence-corrected chi connectivity index (χ4v) is 3.97. The predicted molar refractivity (Wildman–Crippen MR) is 88.0 cm³/mol. The summed E-state index contributed by atoms with van der Waals surface area (Å²) in [5.41, 5.74) is 2.89. The monoisotopic (exact) mass is 347 g/mol. The third-order valence-electron chi connectivity index (χ3n) is 3.40. The zero-order valence-corrected chi connectivity index (χ0v) is 13.7. The van der Waals surface area contributed by atoms with Crippen molar-refractivity contribution in [1.82, 2.24) is 4.98 Å². The van der Waals surface area contributed by atoms with E-state index in [1.807, 2.05) is 18.2 Å². The number of nitrogens with zero attached hydrogens (tertiary/aromatic N) is 1. The minimum Gasteiger partial charge on any atom is -0.298 e. The molecule has 3 rings (SSSR count). The summed E-state index contributed by atoms with van der Waals surface area (Å²) in [5.74, 6) is 0.409. The van der Waals surface area contributed by atoms with E-state index in [0.717, 1.165) is 37.8 Å². The second-order valence-corrected chi connectivity index (χ2v) is 7.31. The fourth-order valence-electron chi connectivity index (χ4n) is 2.42. The largest absolute Gasteiger partial charge is 0.298 e. The zero-order chi connectivity index (χ0) is 14.3. The normalized spacial score (nSPS) is 18.0. The average molecular weight is 348 g/mol. The Labute approximate surface area is 130 Å². The Hall–Kier alpha value is -1.13. The molecule has 0 N–H and O–H groups in total. The maximum Gasteiger partial charge on any atom is 0.147 e. The molecule has 2 nitrogen and oxygen atoms in total. The van der Waals surface area contributed by atoms with Crippen molar-refractivity contribution in [3.8, 4) is 0 Å². The van der Waals surface area contributed by atoms with Crippen molar-refractivity contribution in [3.05, 3.63) is 39.9 Å². The summed E-state index contributed by atoms with van der Waals surface area (Å²) in [4.78, 5) is 16.0. The van der Waals surface area contributed by atoms with Gasteiger partial charge in [0, 0.05) is 26.2 Å². The van der Waals surface area contributed by atoms with E-state index in [1.165, 1.54) is 0 Å². The first-order valence-corrected chi connectivity index (χ1v) is 8.19. The van der Waals surface area contributed by atoms with Gasteiger partial charge in [-0.1, -0.05) is 41.5 Å². The highest BCUT2D eigenvalue weighted by Crippen LogP contribution is 2.40. The van der Waals surface area contributed by atoms with Gasteiger partial charge in [-0.15, -0.1) is 0 Å². The van der Waals surface area contributed by atoms with Gasteiger partial charge in [0.2, 0.25) is 0 Å². The molecule has 0 radical (unpaired) electrons. The Morgan fingerprint density at radius 3 is 2.85 bits per heavy atom. The van der Waals surface area contributed by atoms with Crippen LogP contribution in [0.1, 0.15) is 19.4 Å². The molecular formula is C16H14BrNOS. The fraction of sp³-hybridized carbons (Fsp3) is 0.250. The van der Waals surface area contributed by atoms with Crippen molar-refractivity contribution in [2.24, 2.45) is 5.92 Å². The number of rotatable bonds is 2. The topological polar surface area (TPSA) is 30.0 Å². The predicted octanol–water partition coefficient (Wildman–Crippen LogP) is 4.71. The molecule has 20 heavy (non-hydrogen) atoms. The Kier molecular flexibility index (Phi) is 3.69. The summed E-state index contributed by atoms with van der Waals surface area (Å²) < 4.78 is 1.04. The molecule has 0 amide bonds. The average Bonchev–Trinajstić information content (AvgIpc) is 2.43. The molecule has 102 valence electrons. The number of aromatic nitrogens is 1. The maximum atomic E-state index is 11.3. The smallest absolute Gasteiger partial charge is 0.147 e. The maximum absolute atomic E-state index is 11.3. The standard InChI is InChI=1S/C16H14BrNOS/c1-9(2)15-12(8-19)6-11-5-10-7-13(17)3-4-14(10)18-16(11)20-15/h3-9,15H,1-2H3/t15-/m1/s1. The van der Waals surface area contributed by atoms with E-state index < -0.39 is 0 Å². The molecule has 0 spiro atoms. The van der Waals surface area contributed by atoms with Gasteiger partial charge in [0.05, 0.1) is 5.52 Å². The van der Waals surface area contributed by atoms with Crippen LogP contribution in [-0.4, -0.2) is 16.5 Å². The van der Waals surface area contributed by atoms with Crippen molar-refractivity contribution in [1.29, 1.82) is 0 Å². The summed E-state index contributed by atoms with van der Waals surface area (Å²) in [5, 5.41) is 2.30. The van der Waals surface area contributed by atoms with Gasteiger partial charge in [-0.2, -0.15) is 0 Å². The summed E-state index contributed by atoms with van der Waals surface area (Å²) in [7, 11) is 0. The van der Waals surface area contributed by atoms with Gasteiger partial charge >= 0.3 is 0 Å². The molecule has 1 atom stereocenters. The van der Waals surface area contributed by atoms with E-state index in [0.29, 0.717) is 5.92 Å². The van der Waals surface area contributed by atoms with Crippen molar-refractivity contribution in [2.75, 3.05) is 0 Å². The van der Waals surface area contributed by atoms with Crippen molar-refractivity contribution < 1.29 is 4.79 Å². The Morgan fingerprint density at radius 2 is 2.15 bits per heavy atom. The number of halogens is 1. The lowest BCUT2D eigenvalue weighted by molar-refractivity contribution is -0.105. The van der Waals surface area contributed by atoms with Crippen LogP contribution < -0.4 is 0 Å². The van der Waals surface area contributed by atoms with Gasteiger partial charge in [-0.25, -0.2) is 4.98 Å². The molecule has 0 fully saturated rings. The molecule has 0 bridgehead atoms. The number of aldehydes is 1. The van der Waals surface area contributed by atoms with Crippen LogP contribution in [0.3, 0.4) is 0 Å². The molecule has 1 aliphatic rings. The van der Waals surface area contributed by atoms with Gasteiger partial charge in [-0.05, 0) is 36.3 Å². The first-order valence-electron chi connectivity index (χ1n) is 6.52. The second-order valence-electron chi connectivity index (χ2n) is 5.26. The van der Waals surface area contributed by atoms with Crippen LogP contribution in [0.2, 0.25) is 0 Å². The zero-order valence-electron chi connectivity index (χ0n) is 11.3. The summed E-state index contributed by atoms with van der Waals surface area (Å²) in [6.07, 6.45) is 2.96. The summed E-state index contributed by atoms with van der Waals surface area (Å²) >= 11 is 5.17. The van der Waals surface area contributed by atoms with E-state index in [9.17, 15) is 4.79 Å². The molecule has 1 aromatic heterocycles. The van der Waals surface area contributed by atoms with Crippen molar-refractivity contribution in [3.63, 3.8) is 0 Å². The third-order valence-corrected chi connectivity index (χ3v) is 5.51. The van der Waals surface area contributed by atoms with Crippen LogP contribution >= 0.6 is 27.7 Å². The highest BCUT2D eigenvalue weighted by atomic mass is 79.9. The molecule has 2 aromatic rings. The van der Waals surface area contributed by atoms with Gasteiger partial charge in [0.25, 0.3) is 0 Å². The van der Waals surface area contributed by atoms with Crippen LogP contribution in [0, 0.1) is 5.92 Å². The first kappa shape index (κ1) is 13.8. The molecule has 1 aliphatic heterocycles. The van der Waals surface area contributed by atoms with Crippen LogP contribution in [0.25, 0.3) is 17.0 Å². The molecule has 0 saturated carbocycles. The van der Waals surface area contributed by atoms with Gasteiger partial charge in [0.1, 0.15) is 11.3 Å². The number of carbonyl (C=O) groups excluding carboxylic acids is 1. The van der Waals surface area contributed by atoms with Gasteiger partial charge in [0.15, 0.2) is 0 Å². The third kappa shape index (κ3) is 2.42. The number of thioether (sulfide) groups is 1. The summed E-state index contributed by atoms with van der Waals surface area (Å²) in [6.45, 7) is 4.27. The SMILES string of the molecule is CC(C)[C@H]1Sc2nc3ccc(Br)cc3cc2C=C1C=O. The van der Waals surface area contributed by atoms with Crippen LogP contribution in [-0.2, 0) is 4.79 Å². The molecule has 0 saturated heterocycles. The quantitative estimate of drug-likeness (QED) is 0.736. The number of hydrogen-bond acceptors (Lipinski definition) is 3. The lowest BCUT2D eigenvalue weighted by Crippen LogP contribution is -2.18. The highest BCUT2D eigenvalue weighted by molar-refractivity contribution is 9.10. The van der Waals surface area contributed by atoms with E-state index in [1.54, 1.807) is 11.8 Å². The van der Waals surface area contributed by atoms with Gasteiger partial charge < -0.3 is 0 Å². The van der Waals surface area contributed by atoms with E-state index >= 15 is 0 Å². The van der Waals surface area contributed by atoms with Crippen LogP contribution in [0.4, 0.5) is 0 Å². The van der Waals surface area contributed by atoms with Crippen LogP contribution in [0.5, 0.6) is 0 Å². The van der Waals surface area contributed by atoms with Gasteiger partial charge in [-0.3, -0.25) is 4.79 Å². The van der Waals surface area contributed by atoms with Crippen LogP contribution in [0.15, 0.2) is 39.3 Å². The minimum atomic E-state index is 0.195. The lowest BCUT2D eigenvalue weighted by atomic mass is 10.0. The van der Waals surface area contributed by atoms with E-state index in [2.05, 4.69) is 41.9 Å². The molecule has 1 aromatic carbocycles. The van der Waals surface area contributed by atoms with Crippen molar-refractivity contribution >= 4 is 51.0 Å². The highest BCUT2D eigenvalue weighted by Gasteiger charge is 2.25. The number of pyridine rings is 1. The van der Waals surface area contributed by atoms with E-state index in [-0.39, 0.29) is 5.25 Å². The summed E-state index contributed by atoms with van der Waals surface area (Å²) in [6, 6.07) is 8.18. The molecule has 4 heteroatoms.